The fourth-order valence-corrected chi connectivity index (χ4v) is 3.50. The molecule has 26 heavy (non-hydrogen) atoms. The van der Waals surface area contributed by atoms with Crippen molar-refractivity contribution in [2.75, 3.05) is 52.5 Å². The summed E-state index contributed by atoms with van der Waals surface area (Å²) in [6.07, 6.45) is 1.47. The zero-order valence-electron chi connectivity index (χ0n) is 18.3. The van der Waals surface area contributed by atoms with E-state index in [1.54, 1.807) is 6.92 Å². The number of Topliss-reactive ketones (excluding diaryl/α,β-unsaturated/α-hetero) is 1. The average molecular weight is 371 g/mol. The van der Waals surface area contributed by atoms with Crippen molar-refractivity contribution >= 4 is 5.78 Å². The first-order valence-corrected chi connectivity index (χ1v) is 10.2. The van der Waals surface area contributed by atoms with Gasteiger partial charge in [0.25, 0.3) is 0 Å². The van der Waals surface area contributed by atoms with Gasteiger partial charge >= 0.3 is 0 Å². The molecular weight excluding hydrogens is 328 g/mol. The maximum absolute atomic E-state index is 11.2. The summed E-state index contributed by atoms with van der Waals surface area (Å²) in [4.78, 5) is 16.4. The van der Waals surface area contributed by atoms with E-state index >= 15 is 0 Å². The van der Waals surface area contributed by atoms with Gasteiger partial charge in [0, 0.05) is 45.7 Å². The molecule has 0 radical (unpaired) electrons. The van der Waals surface area contributed by atoms with Crippen molar-refractivity contribution in [2.45, 2.75) is 72.5 Å². The Kier molecular flexibility index (Phi) is 9.73. The minimum atomic E-state index is -0.408. The molecule has 0 aromatic carbocycles. The van der Waals surface area contributed by atoms with Crippen molar-refractivity contribution in [1.82, 2.24) is 9.80 Å². The molecule has 0 aliphatic carbocycles. The Bertz CT molecular complexity index is 413. The van der Waals surface area contributed by atoms with E-state index in [0.717, 1.165) is 32.0 Å². The minimum absolute atomic E-state index is 0.150. The molecule has 5 heteroatoms. The Balaban J connectivity index is 2.19. The minimum Gasteiger partial charge on any atom is -0.373 e. The van der Waals surface area contributed by atoms with Gasteiger partial charge in [-0.15, -0.1) is 0 Å². The summed E-state index contributed by atoms with van der Waals surface area (Å²) in [5.41, 5.74) is -0.557. The molecule has 1 fully saturated rings. The molecular formula is C21H42N2O3. The van der Waals surface area contributed by atoms with Crippen molar-refractivity contribution < 1.29 is 14.3 Å². The fourth-order valence-electron chi connectivity index (χ4n) is 3.50. The first-order valence-electron chi connectivity index (χ1n) is 10.2. The monoisotopic (exact) mass is 370 g/mol. The van der Waals surface area contributed by atoms with Crippen molar-refractivity contribution in [3.63, 3.8) is 0 Å². The second-order valence-corrected chi connectivity index (χ2v) is 9.38. The van der Waals surface area contributed by atoms with Gasteiger partial charge in [0.1, 0.15) is 5.78 Å². The van der Waals surface area contributed by atoms with Crippen molar-refractivity contribution in [3.05, 3.63) is 0 Å². The number of nitrogens with zero attached hydrogens (tertiary/aromatic N) is 2. The van der Waals surface area contributed by atoms with Crippen LogP contribution in [0, 0.1) is 5.92 Å². The van der Waals surface area contributed by atoms with Crippen molar-refractivity contribution in [3.8, 4) is 0 Å². The maximum Gasteiger partial charge on any atom is 0.132 e. The van der Waals surface area contributed by atoms with Crippen LogP contribution in [0.25, 0.3) is 0 Å². The summed E-state index contributed by atoms with van der Waals surface area (Å²) < 4.78 is 11.9. The van der Waals surface area contributed by atoms with Crippen LogP contribution in [0.15, 0.2) is 0 Å². The van der Waals surface area contributed by atoms with Gasteiger partial charge < -0.3 is 19.3 Å². The van der Waals surface area contributed by atoms with Crippen LogP contribution in [-0.2, 0) is 14.3 Å². The first kappa shape index (κ1) is 23.5. The normalized spacial score (nSPS) is 17.8. The van der Waals surface area contributed by atoms with Crippen LogP contribution >= 0.6 is 0 Å². The highest BCUT2D eigenvalue weighted by Crippen LogP contribution is 2.18. The molecule has 0 unspecified atom stereocenters. The molecule has 1 rings (SSSR count). The third-order valence-corrected chi connectivity index (χ3v) is 4.86. The highest BCUT2D eigenvalue weighted by molar-refractivity contribution is 5.76. The molecule has 0 aromatic rings. The van der Waals surface area contributed by atoms with E-state index in [4.69, 9.17) is 9.47 Å². The van der Waals surface area contributed by atoms with E-state index in [1.165, 1.54) is 19.6 Å². The van der Waals surface area contributed by atoms with Gasteiger partial charge in [0.05, 0.1) is 24.4 Å². The Morgan fingerprint density at radius 2 is 1.42 bits per heavy atom. The lowest BCUT2D eigenvalue weighted by Gasteiger charge is -2.37. The third kappa shape index (κ3) is 10.6. The zero-order valence-corrected chi connectivity index (χ0v) is 18.3. The van der Waals surface area contributed by atoms with Crippen LogP contribution in [0.4, 0.5) is 0 Å². The van der Waals surface area contributed by atoms with Crippen molar-refractivity contribution in [1.29, 1.82) is 0 Å². The Morgan fingerprint density at radius 1 is 0.923 bits per heavy atom. The quantitative estimate of drug-likeness (QED) is 0.494. The predicted octanol–water partition coefficient (Wildman–Crippen LogP) is 3.22. The van der Waals surface area contributed by atoms with Crippen LogP contribution in [0.2, 0.25) is 0 Å². The summed E-state index contributed by atoms with van der Waals surface area (Å²) in [6.45, 7) is 22.5. The Hall–Kier alpha value is -0.490. The first-order chi connectivity index (χ1) is 12.0. The molecule has 0 atom stereocenters. The Labute approximate surface area is 161 Å². The van der Waals surface area contributed by atoms with E-state index in [9.17, 15) is 4.79 Å². The van der Waals surface area contributed by atoms with Gasteiger partial charge in [0.2, 0.25) is 0 Å². The molecule has 1 aliphatic heterocycles. The van der Waals surface area contributed by atoms with Gasteiger partial charge in [-0.25, -0.2) is 0 Å². The number of carbonyl (C=O) groups is 1. The molecule has 0 saturated carbocycles. The largest absolute Gasteiger partial charge is 0.373 e. The van der Waals surface area contributed by atoms with Gasteiger partial charge in [-0.2, -0.15) is 0 Å². The van der Waals surface area contributed by atoms with E-state index in [-0.39, 0.29) is 11.4 Å². The molecule has 1 aliphatic rings. The molecule has 0 N–H and O–H groups in total. The standard InChI is InChI=1S/C21H42N2O3/c1-18(2)17-23-12-10-22(11-13-23)9-8-20(4,5)25-14-15-26-21(6,7)16-19(3)24/h18H,8-17H2,1-7H3. The number of ether oxygens (including phenoxy) is 2. The highest BCUT2D eigenvalue weighted by Gasteiger charge is 2.24. The molecule has 154 valence electrons. The van der Waals surface area contributed by atoms with E-state index in [2.05, 4.69) is 37.5 Å². The number of hydrogen-bond donors (Lipinski definition) is 0. The van der Waals surface area contributed by atoms with E-state index < -0.39 is 5.60 Å². The summed E-state index contributed by atoms with van der Waals surface area (Å²) in [6, 6.07) is 0. The zero-order chi connectivity index (χ0) is 19.8. The molecule has 0 bridgehead atoms. The van der Waals surface area contributed by atoms with Crippen LogP contribution in [0.5, 0.6) is 0 Å². The van der Waals surface area contributed by atoms with Crippen LogP contribution in [0.1, 0.15) is 61.3 Å². The molecule has 1 heterocycles. The van der Waals surface area contributed by atoms with E-state index in [0.29, 0.717) is 19.6 Å². The van der Waals surface area contributed by atoms with Crippen LogP contribution in [-0.4, -0.2) is 79.3 Å². The average Bonchev–Trinajstić information content (AvgIpc) is 2.49. The molecule has 1 saturated heterocycles. The molecule has 0 spiro atoms. The lowest BCUT2D eigenvalue weighted by Crippen LogP contribution is -2.48. The van der Waals surface area contributed by atoms with Gasteiger partial charge in [-0.1, -0.05) is 13.8 Å². The summed E-state index contributed by atoms with van der Waals surface area (Å²) >= 11 is 0. The van der Waals surface area contributed by atoms with Gasteiger partial charge in [-0.3, -0.25) is 4.79 Å². The SMILES string of the molecule is CC(=O)CC(C)(C)OCCOC(C)(C)CCN1CCN(CC(C)C)CC1. The number of hydrogen-bond acceptors (Lipinski definition) is 5. The summed E-state index contributed by atoms with van der Waals surface area (Å²) in [5.74, 6) is 0.904. The second kappa shape index (κ2) is 10.7. The smallest absolute Gasteiger partial charge is 0.132 e. The number of ketones is 1. The second-order valence-electron chi connectivity index (χ2n) is 9.38. The maximum atomic E-state index is 11.2. The molecule has 0 aromatic heterocycles. The van der Waals surface area contributed by atoms with Gasteiger partial charge in [0.15, 0.2) is 0 Å². The molecule has 5 nitrogen and oxygen atoms in total. The Morgan fingerprint density at radius 3 is 1.92 bits per heavy atom. The molecule has 0 amide bonds. The summed E-state index contributed by atoms with van der Waals surface area (Å²) in [5, 5.41) is 0. The van der Waals surface area contributed by atoms with Gasteiger partial charge in [-0.05, 0) is 47.0 Å². The van der Waals surface area contributed by atoms with Crippen LogP contribution in [0.3, 0.4) is 0 Å². The van der Waals surface area contributed by atoms with E-state index in [1.807, 2.05) is 13.8 Å². The number of rotatable bonds is 12. The number of piperazine rings is 1. The third-order valence-electron chi connectivity index (χ3n) is 4.86. The fraction of sp³-hybridized carbons (Fsp3) is 0.952. The lowest BCUT2D eigenvalue weighted by molar-refractivity contribution is -0.126. The lowest BCUT2D eigenvalue weighted by atomic mass is 10.0. The van der Waals surface area contributed by atoms with Crippen molar-refractivity contribution in [2.24, 2.45) is 5.92 Å². The topological polar surface area (TPSA) is 42.0 Å². The highest BCUT2D eigenvalue weighted by atomic mass is 16.5. The number of carbonyl (C=O) groups excluding carboxylic acids is 1. The predicted molar refractivity (Wildman–Crippen MR) is 108 cm³/mol. The van der Waals surface area contributed by atoms with Crippen LogP contribution < -0.4 is 0 Å². The summed E-state index contributed by atoms with van der Waals surface area (Å²) in [7, 11) is 0.